The molecule has 0 radical (unpaired) electrons. The standard InChI is InChI=1S/C14H27N3/c1-4-17-9-6-13(11-17)10-16-8-5-7-14(2,3)12-15/h13,16H,4-11H2,1-3H3. The third-order valence-electron chi connectivity index (χ3n) is 3.71. The smallest absolute Gasteiger partial charge is 0.0683 e. The van der Waals surface area contributed by atoms with Gasteiger partial charge < -0.3 is 10.2 Å². The highest BCUT2D eigenvalue weighted by atomic mass is 15.1. The van der Waals surface area contributed by atoms with Gasteiger partial charge in [-0.05, 0) is 65.2 Å². The van der Waals surface area contributed by atoms with E-state index in [0.717, 1.165) is 31.8 Å². The second-order valence-corrected chi connectivity index (χ2v) is 5.85. The molecule has 0 aliphatic carbocycles. The molecule has 3 heteroatoms. The van der Waals surface area contributed by atoms with Crippen LogP contribution in [0.15, 0.2) is 0 Å². The molecule has 1 fully saturated rings. The zero-order chi connectivity index (χ0) is 12.7. The summed E-state index contributed by atoms with van der Waals surface area (Å²) in [6.45, 7) is 12.2. The Morgan fingerprint density at radius 3 is 2.82 bits per heavy atom. The van der Waals surface area contributed by atoms with Gasteiger partial charge in [-0.15, -0.1) is 0 Å². The summed E-state index contributed by atoms with van der Waals surface area (Å²) in [7, 11) is 0. The van der Waals surface area contributed by atoms with Gasteiger partial charge in [-0.2, -0.15) is 5.26 Å². The lowest BCUT2D eigenvalue weighted by atomic mass is 9.90. The van der Waals surface area contributed by atoms with Crippen molar-refractivity contribution in [2.75, 3.05) is 32.7 Å². The molecule has 1 heterocycles. The van der Waals surface area contributed by atoms with Gasteiger partial charge in [-0.1, -0.05) is 6.92 Å². The van der Waals surface area contributed by atoms with E-state index in [-0.39, 0.29) is 5.41 Å². The van der Waals surface area contributed by atoms with Gasteiger partial charge in [0.15, 0.2) is 0 Å². The molecular formula is C14H27N3. The monoisotopic (exact) mass is 237 g/mol. The Balaban J connectivity index is 2.00. The zero-order valence-electron chi connectivity index (χ0n) is 11.6. The summed E-state index contributed by atoms with van der Waals surface area (Å²) >= 11 is 0. The molecule has 0 aromatic carbocycles. The van der Waals surface area contributed by atoms with E-state index in [2.05, 4.69) is 23.2 Å². The van der Waals surface area contributed by atoms with Crippen LogP contribution in [0.2, 0.25) is 0 Å². The molecule has 3 nitrogen and oxygen atoms in total. The first-order valence-corrected chi connectivity index (χ1v) is 6.91. The number of nitriles is 1. The zero-order valence-corrected chi connectivity index (χ0v) is 11.6. The Labute approximate surface area is 106 Å². The molecule has 0 amide bonds. The van der Waals surface area contributed by atoms with Crippen LogP contribution in [0.1, 0.15) is 40.0 Å². The van der Waals surface area contributed by atoms with Gasteiger partial charge in [0.2, 0.25) is 0 Å². The lowest BCUT2D eigenvalue weighted by molar-refractivity contribution is 0.337. The van der Waals surface area contributed by atoms with E-state index < -0.39 is 0 Å². The summed E-state index contributed by atoms with van der Waals surface area (Å²) in [6, 6.07) is 2.35. The highest BCUT2D eigenvalue weighted by molar-refractivity contribution is 4.91. The quantitative estimate of drug-likeness (QED) is 0.690. The number of likely N-dealkylation sites (tertiary alicyclic amines) is 1. The van der Waals surface area contributed by atoms with Crippen LogP contribution in [0.25, 0.3) is 0 Å². The van der Waals surface area contributed by atoms with Crippen LogP contribution in [0.3, 0.4) is 0 Å². The Bertz CT molecular complexity index is 255. The van der Waals surface area contributed by atoms with Gasteiger partial charge >= 0.3 is 0 Å². The Hall–Kier alpha value is -0.590. The maximum Gasteiger partial charge on any atom is 0.0683 e. The molecule has 0 saturated carbocycles. The van der Waals surface area contributed by atoms with Gasteiger partial charge in [0.25, 0.3) is 0 Å². The third-order valence-corrected chi connectivity index (χ3v) is 3.71. The summed E-state index contributed by atoms with van der Waals surface area (Å²) < 4.78 is 0. The van der Waals surface area contributed by atoms with Crippen LogP contribution in [0, 0.1) is 22.7 Å². The van der Waals surface area contributed by atoms with Gasteiger partial charge in [0.1, 0.15) is 0 Å². The SMILES string of the molecule is CCN1CCC(CNCCCC(C)(C)C#N)C1. The molecule has 0 spiro atoms. The molecule has 1 unspecified atom stereocenters. The van der Waals surface area contributed by atoms with Gasteiger partial charge in [0.05, 0.1) is 11.5 Å². The Kier molecular flexibility index (Phi) is 5.94. The van der Waals surface area contributed by atoms with Crippen LogP contribution in [0.4, 0.5) is 0 Å². The largest absolute Gasteiger partial charge is 0.316 e. The lowest BCUT2D eigenvalue weighted by Gasteiger charge is -2.16. The molecule has 0 aromatic rings. The van der Waals surface area contributed by atoms with Crippen molar-refractivity contribution >= 4 is 0 Å². The summed E-state index contributed by atoms with van der Waals surface area (Å²) in [5.74, 6) is 0.832. The van der Waals surface area contributed by atoms with Crippen molar-refractivity contribution in [1.29, 1.82) is 5.26 Å². The van der Waals surface area contributed by atoms with E-state index in [1.807, 2.05) is 13.8 Å². The molecule has 1 aliphatic rings. The maximum atomic E-state index is 8.90. The molecular weight excluding hydrogens is 210 g/mol. The van der Waals surface area contributed by atoms with Gasteiger partial charge in [-0.25, -0.2) is 0 Å². The summed E-state index contributed by atoms with van der Waals surface area (Å²) in [5.41, 5.74) is -0.159. The van der Waals surface area contributed by atoms with Crippen LogP contribution in [-0.4, -0.2) is 37.6 Å². The van der Waals surface area contributed by atoms with Crippen molar-refractivity contribution in [3.05, 3.63) is 0 Å². The average Bonchev–Trinajstić information content (AvgIpc) is 2.76. The number of nitrogens with zero attached hydrogens (tertiary/aromatic N) is 2. The highest BCUT2D eigenvalue weighted by Gasteiger charge is 2.20. The van der Waals surface area contributed by atoms with Crippen molar-refractivity contribution < 1.29 is 0 Å². The average molecular weight is 237 g/mol. The number of rotatable bonds is 7. The van der Waals surface area contributed by atoms with Crippen molar-refractivity contribution in [2.24, 2.45) is 11.3 Å². The van der Waals surface area contributed by atoms with Gasteiger partial charge in [0, 0.05) is 6.54 Å². The van der Waals surface area contributed by atoms with Crippen LogP contribution in [-0.2, 0) is 0 Å². The Morgan fingerprint density at radius 2 is 2.24 bits per heavy atom. The Morgan fingerprint density at radius 1 is 1.47 bits per heavy atom. The van der Waals surface area contributed by atoms with Crippen molar-refractivity contribution in [3.8, 4) is 6.07 Å². The minimum Gasteiger partial charge on any atom is -0.316 e. The fourth-order valence-electron chi connectivity index (χ4n) is 2.38. The van der Waals surface area contributed by atoms with E-state index in [1.54, 1.807) is 0 Å². The molecule has 17 heavy (non-hydrogen) atoms. The number of nitrogens with one attached hydrogen (secondary N) is 1. The molecule has 0 bridgehead atoms. The number of hydrogen-bond acceptors (Lipinski definition) is 3. The maximum absolute atomic E-state index is 8.90. The molecule has 1 aliphatic heterocycles. The number of hydrogen-bond donors (Lipinski definition) is 1. The fourth-order valence-corrected chi connectivity index (χ4v) is 2.38. The van der Waals surface area contributed by atoms with Crippen LogP contribution in [0.5, 0.6) is 0 Å². The molecule has 98 valence electrons. The van der Waals surface area contributed by atoms with Crippen molar-refractivity contribution in [1.82, 2.24) is 10.2 Å². The summed E-state index contributed by atoms with van der Waals surface area (Å²) in [4.78, 5) is 2.52. The van der Waals surface area contributed by atoms with E-state index >= 15 is 0 Å². The van der Waals surface area contributed by atoms with Crippen LogP contribution < -0.4 is 5.32 Å². The fraction of sp³-hybridized carbons (Fsp3) is 0.929. The first kappa shape index (κ1) is 14.5. The topological polar surface area (TPSA) is 39.1 Å². The van der Waals surface area contributed by atoms with Gasteiger partial charge in [-0.3, -0.25) is 0 Å². The minimum absolute atomic E-state index is 0.159. The highest BCUT2D eigenvalue weighted by Crippen LogP contribution is 2.20. The lowest BCUT2D eigenvalue weighted by Crippen LogP contribution is -2.27. The van der Waals surface area contributed by atoms with E-state index in [0.29, 0.717) is 0 Å². The first-order valence-electron chi connectivity index (χ1n) is 6.91. The summed E-state index contributed by atoms with van der Waals surface area (Å²) in [6.07, 6.45) is 3.43. The van der Waals surface area contributed by atoms with Crippen molar-refractivity contribution in [2.45, 2.75) is 40.0 Å². The molecule has 1 atom stereocenters. The predicted octanol–water partition coefficient (Wildman–Crippen LogP) is 2.25. The normalized spacial score (nSPS) is 21.6. The first-order chi connectivity index (χ1) is 8.07. The third kappa shape index (κ3) is 5.52. The molecule has 0 aromatic heterocycles. The second kappa shape index (κ2) is 6.98. The summed E-state index contributed by atoms with van der Waals surface area (Å²) in [5, 5.41) is 12.4. The minimum atomic E-state index is -0.159. The molecule has 1 rings (SSSR count). The predicted molar refractivity (Wildman–Crippen MR) is 71.7 cm³/mol. The van der Waals surface area contributed by atoms with E-state index in [9.17, 15) is 0 Å². The van der Waals surface area contributed by atoms with E-state index in [1.165, 1.54) is 26.1 Å². The molecule has 1 saturated heterocycles. The van der Waals surface area contributed by atoms with Crippen molar-refractivity contribution in [3.63, 3.8) is 0 Å². The van der Waals surface area contributed by atoms with Crippen LogP contribution >= 0.6 is 0 Å². The second-order valence-electron chi connectivity index (χ2n) is 5.85. The van der Waals surface area contributed by atoms with E-state index in [4.69, 9.17) is 5.26 Å². The molecule has 1 N–H and O–H groups in total.